The number of hydrogen-bond acceptors (Lipinski definition) is 2. The molecule has 1 unspecified atom stereocenters. The molecule has 2 heterocycles. The highest BCUT2D eigenvalue weighted by atomic mass is 19.1. The molecule has 1 aliphatic carbocycles. The number of nitrogens with one attached hydrogen (secondary N) is 1. The van der Waals surface area contributed by atoms with Crippen molar-refractivity contribution >= 4 is 11.8 Å². The Morgan fingerprint density at radius 1 is 1.16 bits per heavy atom. The van der Waals surface area contributed by atoms with E-state index in [0.29, 0.717) is 13.1 Å². The van der Waals surface area contributed by atoms with Crippen molar-refractivity contribution in [1.29, 1.82) is 0 Å². The number of nitrogens with zero attached hydrogens (tertiary/aromatic N) is 2. The van der Waals surface area contributed by atoms with Crippen LogP contribution in [0.2, 0.25) is 0 Å². The van der Waals surface area contributed by atoms with Gasteiger partial charge in [0.15, 0.2) is 0 Å². The van der Waals surface area contributed by atoms with E-state index in [4.69, 9.17) is 0 Å². The fourth-order valence-corrected chi connectivity index (χ4v) is 3.42. The summed E-state index contributed by atoms with van der Waals surface area (Å²) in [5.74, 6) is -0.786. The normalized spacial score (nSPS) is 19.4. The highest BCUT2D eigenvalue weighted by Gasteiger charge is 2.33. The SMILES string of the molecule is O=C(CC(=O)N1CCn2cccc2C1c1cccc(F)c1)NC1CC1. The third-order valence-corrected chi connectivity index (χ3v) is 4.78. The molecule has 1 aromatic carbocycles. The smallest absolute Gasteiger partial charge is 0.232 e. The van der Waals surface area contributed by atoms with Gasteiger partial charge < -0.3 is 14.8 Å². The topological polar surface area (TPSA) is 54.3 Å². The lowest BCUT2D eigenvalue weighted by molar-refractivity contribution is -0.138. The molecule has 1 aliphatic heterocycles. The number of aromatic nitrogens is 1. The van der Waals surface area contributed by atoms with Crippen molar-refractivity contribution in [3.8, 4) is 0 Å². The van der Waals surface area contributed by atoms with E-state index in [2.05, 4.69) is 9.88 Å². The first-order valence-electron chi connectivity index (χ1n) is 8.61. The molecule has 1 saturated carbocycles. The Hall–Kier alpha value is -2.63. The molecular formula is C19H20FN3O2. The summed E-state index contributed by atoms with van der Waals surface area (Å²) < 4.78 is 15.8. The molecule has 4 rings (SSSR count). The molecule has 25 heavy (non-hydrogen) atoms. The van der Waals surface area contributed by atoms with Crippen LogP contribution >= 0.6 is 0 Å². The number of amides is 2. The molecule has 2 aliphatic rings. The largest absolute Gasteiger partial charge is 0.353 e. The average molecular weight is 341 g/mol. The van der Waals surface area contributed by atoms with Gasteiger partial charge in [0, 0.05) is 31.0 Å². The first kappa shape index (κ1) is 15.9. The number of rotatable bonds is 4. The molecule has 130 valence electrons. The maximum Gasteiger partial charge on any atom is 0.232 e. The lowest BCUT2D eigenvalue weighted by Gasteiger charge is -2.37. The molecule has 0 spiro atoms. The van der Waals surface area contributed by atoms with E-state index < -0.39 is 0 Å². The maximum atomic E-state index is 13.7. The summed E-state index contributed by atoms with van der Waals surface area (Å²) in [6.45, 7) is 1.17. The van der Waals surface area contributed by atoms with E-state index in [0.717, 1.165) is 24.1 Å². The third kappa shape index (κ3) is 3.29. The van der Waals surface area contributed by atoms with Crippen LogP contribution in [0.1, 0.15) is 36.6 Å². The quantitative estimate of drug-likeness (QED) is 0.867. The molecule has 0 bridgehead atoms. The molecule has 0 saturated heterocycles. The number of halogens is 1. The average Bonchev–Trinajstić information content (AvgIpc) is 3.26. The Bertz CT molecular complexity index is 813. The Morgan fingerprint density at radius 3 is 2.76 bits per heavy atom. The van der Waals surface area contributed by atoms with Crippen LogP contribution in [-0.2, 0) is 16.1 Å². The fraction of sp³-hybridized carbons (Fsp3) is 0.368. The predicted octanol–water partition coefficient (Wildman–Crippen LogP) is 2.23. The first-order valence-corrected chi connectivity index (χ1v) is 8.61. The van der Waals surface area contributed by atoms with E-state index in [-0.39, 0.29) is 36.1 Å². The van der Waals surface area contributed by atoms with Crippen LogP contribution in [0.15, 0.2) is 42.6 Å². The summed E-state index contributed by atoms with van der Waals surface area (Å²) in [7, 11) is 0. The molecule has 1 atom stereocenters. The van der Waals surface area contributed by atoms with E-state index in [9.17, 15) is 14.0 Å². The van der Waals surface area contributed by atoms with Crippen LogP contribution in [0.25, 0.3) is 0 Å². The molecule has 0 radical (unpaired) electrons. The highest BCUT2D eigenvalue weighted by Crippen LogP contribution is 2.33. The summed E-state index contributed by atoms with van der Waals surface area (Å²) in [5, 5.41) is 2.85. The fourth-order valence-electron chi connectivity index (χ4n) is 3.42. The zero-order chi connectivity index (χ0) is 17.4. The Labute approximate surface area is 145 Å². The number of fused-ring (bicyclic) bond motifs is 1. The monoisotopic (exact) mass is 341 g/mol. The predicted molar refractivity (Wildman–Crippen MR) is 90.2 cm³/mol. The summed E-state index contributed by atoms with van der Waals surface area (Å²) in [6.07, 6.45) is 3.78. The standard InChI is InChI=1S/C19H20FN3O2/c20-14-4-1-3-13(11-14)19-16-5-2-8-22(16)9-10-23(19)18(25)12-17(24)21-15-6-7-15/h1-5,8,11,15,19H,6-7,9-10,12H2,(H,21,24). The lowest BCUT2D eigenvalue weighted by Crippen LogP contribution is -2.44. The van der Waals surface area contributed by atoms with Crippen LogP contribution in [0.4, 0.5) is 4.39 Å². The van der Waals surface area contributed by atoms with Crippen molar-refractivity contribution in [2.45, 2.75) is 37.9 Å². The van der Waals surface area contributed by atoms with Gasteiger partial charge in [0.05, 0.1) is 6.04 Å². The van der Waals surface area contributed by atoms with Gasteiger partial charge in [-0.25, -0.2) is 4.39 Å². The van der Waals surface area contributed by atoms with Crippen LogP contribution in [-0.4, -0.2) is 33.9 Å². The van der Waals surface area contributed by atoms with Gasteiger partial charge >= 0.3 is 0 Å². The maximum absolute atomic E-state index is 13.7. The number of carbonyl (C=O) groups excluding carboxylic acids is 2. The number of carbonyl (C=O) groups is 2. The van der Waals surface area contributed by atoms with E-state index in [1.54, 1.807) is 11.0 Å². The molecule has 1 N–H and O–H groups in total. The van der Waals surface area contributed by atoms with Gasteiger partial charge in [-0.3, -0.25) is 9.59 Å². The highest BCUT2D eigenvalue weighted by molar-refractivity contribution is 5.97. The van der Waals surface area contributed by atoms with Gasteiger partial charge in [-0.2, -0.15) is 0 Å². The number of hydrogen-bond donors (Lipinski definition) is 1. The molecule has 1 fully saturated rings. The molecule has 5 nitrogen and oxygen atoms in total. The molecule has 2 amide bonds. The minimum absolute atomic E-state index is 0.164. The van der Waals surface area contributed by atoms with Gasteiger partial charge in [0.1, 0.15) is 12.2 Å². The molecule has 6 heteroatoms. The molecule has 1 aromatic heterocycles. The summed E-state index contributed by atoms with van der Waals surface area (Å²) >= 11 is 0. The second kappa shape index (κ2) is 6.35. The van der Waals surface area contributed by atoms with Gasteiger partial charge in [-0.05, 0) is 42.7 Å². The molecule has 2 aromatic rings. The Morgan fingerprint density at radius 2 is 2.00 bits per heavy atom. The van der Waals surface area contributed by atoms with Gasteiger partial charge in [0.25, 0.3) is 0 Å². The van der Waals surface area contributed by atoms with Crippen molar-refractivity contribution in [2.24, 2.45) is 0 Å². The van der Waals surface area contributed by atoms with Crippen molar-refractivity contribution in [1.82, 2.24) is 14.8 Å². The van der Waals surface area contributed by atoms with E-state index in [1.807, 2.05) is 24.4 Å². The summed E-state index contributed by atoms with van der Waals surface area (Å²) in [6, 6.07) is 10.0. The van der Waals surface area contributed by atoms with Crippen LogP contribution < -0.4 is 5.32 Å². The van der Waals surface area contributed by atoms with Crippen molar-refractivity contribution < 1.29 is 14.0 Å². The minimum Gasteiger partial charge on any atom is -0.353 e. The van der Waals surface area contributed by atoms with Crippen molar-refractivity contribution in [3.05, 3.63) is 59.7 Å². The van der Waals surface area contributed by atoms with Gasteiger partial charge in [0.2, 0.25) is 11.8 Å². The first-order chi connectivity index (χ1) is 12.1. The summed E-state index contributed by atoms with van der Waals surface area (Å²) in [4.78, 5) is 26.5. The Kier molecular flexibility index (Phi) is 4.03. The third-order valence-electron chi connectivity index (χ3n) is 4.78. The van der Waals surface area contributed by atoms with Crippen LogP contribution in [0, 0.1) is 5.82 Å². The van der Waals surface area contributed by atoms with E-state index in [1.165, 1.54) is 12.1 Å². The second-order valence-corrected chi connectivity index (χ2v) is 6.69. The van der Waals surface area contributed by atoms with Crippen molar-refractivity contribution in [2.75, 3.05) is 6.54 Å². The van der Waals surface area contributed by atoms with Gasteiger partial charge in [-0.1, -0.05) is 12.1 Å². The lowest BCUT2D eigenvalue weighted by atomic mass is 9.99. The minimum atomic E-state index is -0.374. The second-order valence-electron chi connectivity index (χ2n) is 6.69. The molecular weight excluding hydrogens is 321 g/mol. The van der Waals surface area contributed by atoms with Crippen LogP contribution in [0.3, 0.4) is 0 Å². The zero-order valence-electron chi connectivity index (χ0n) is 13.8. The Balaban J connectivity index is 1.61. The van der Waals surface area contributed by atoms with Gasteiger partial charge in [-0.15, -0.1) is 0 Å². The van der Waals surface area contributed by atoms with Crippen molar-refractivity contribution in [3.63, 3.8) is 0 Å². The number of benzene rings is 1. The summed E-state index contributed by atoms with van der Waals surface area (Å²) in [5.41, 5.74) is 1.66. The van der Waals surface area contributed by atoms with E-state index >= 15 is 0 Å². The van der Waals surface area contributed by atoms with Crippen LogP contribution in [0.5, 0.6) is 0 Å². The zero-order valence-corrected chi connectivity index (χ0v) is 13.8.